The molecule has 0 aromatic rings. The Hall–Kier alpha value is -1.14. The van der Waals surface area contributed by atoms with Crippen molar-refractivity contribution in [3.63, 3.8) is 0 Å². The Morgan fingerprint density at radius 2 is 1.83 bits per heavy atom. The first-order chi connectivity index (χ1) is 11.0. The number of aliphatic hydroxyl groups is 1. The summed E-state index contributed by atoms with van der Waals surface area (Å²) in [5, 5.41) is 14.8. The van der Waals surface area contributed by atoms with Gasteiger partial charge in [0.15, 0.2) is 0 Å². The highest BCUT2D eigenvalue weighted by molar-refractivity contribution is 5.85. The first-order valence-electron chi connectivity index (χ1n) is 8.85. The molecule has 0 aromatic carbocycles. The summed E-state index contributed by atoms with van der Waals surface area (Å²) in [4.78, 5) is 24.0. The van der Waals surface area contributed by atoms with Crippen molar-refractivity contribution < 1.29 is 19.4 Å². The standard InChI is InChI=1S/C17H34N2O4/c1-4-10-14(3)19-16(21)13-15(17(22)23-5-2)18-11-8-6-7-9-12-20/h14-15,18,20H,4-13H2,1-3H3,(H,19,21). The van der Waals surface area contributed by atoms with Crippen LogP contribution in [0.1, 0.15) is 65.7 Å². The highest BCUT2D eigenvalue weighted by Crippen LogP contribution is 2.02. The van der Waals surface area contributed by atoms with Gasteiger partial charge < -0.3 is 20.5 Å². The maximum atomic E-state index is 12.0. The third-order valence-electron chi connectivity index (χ3n) is 3.57. The van der Waals surface area contributed by atoms with Gasteiger partial charge in [-0.15, -0.1) is 0 Å². The number of hydrogen-bond donors (Lipinski definition) is 3. The quantitative estimate of drug-likeness (QED) is 0.334. The molecule has 0 fully saturated rings. The molecule has 0 saturated heterocycles. The Morgan fingerprint density at radius 1 is 1.13 bits per heavy atom. The molecule has 2 unspecified atom stereocenters. The maximum Gasteiger partial charge on any atom is 0.323 e. The van der Waals surface area contributed by atoms with Crippen LogP contribution in [-0.4, -0.2) is 48.8 Å². The number of unbranched alkanes of at least 4 members (excludes halogenated alkanes) is 3. The summed E-state index contributed by atoms with van der Waals surface area (Å²) >= 11 is 0. The lowest BCUT2D eigenvalue weighted by atomic mass is 10.1. The largest absolute Gasteiger partial charge is 0.465 e. The summed E-state index contributed by atoms with van der Waals surface area (Å²) < 4.78 is 5.04. The number of carbonyl (C=O) groups excluding carboxylic acids is 2. The summed E-state index contributed by atoms with van der Waals surface area (Å²) in [7, 11) is 0. The number of hydrogen-bond acceptors (Lipinski definition) is 5. The van der Waals surface area contributed by atoms with Gasteiger partial charge in [0.05, 0.1) is 13.0 Å². The summed E-state index contributed by atoms with van der Waals surface area (Å²) in [5.74, 6) is -0.502. The van der Waals surface area contributed by atoms with Crippen LogP contribution < -0.4 is 10.6 Å². The molecule has 0 aromatic heterocycles. The molecule has 0 aliphatic rings. The van der Waals surface area contributed by atoms with Gasteiger partial charge in [0, 0.05) is 12.6 Å². The molecule has 0 rings (SSSR count). The third-order valence-corrected chi connectivity index (χ3v) is 3.57. The molecular weight excluding hydrogens is 296 g/mol. The summed E-state index contributed by atoms with van der Waals surface area (Å²) in [6, 6.07) is -0.476. The first-order valence-corrected chi connectivity index (χ1v) is 8.85. The third kappa shape index (κ3) is 12.0. The first kappa shape index (κ1) is 21.9. The van der Waals surface area contributed by atoms with Crippen molar-refractivity contribution >= 4 is 11.9 Å². The summed E-state index contributed by atoms with van der Waals surface area (Å²) in [6.07, 6.45) is 5.70. The van der Waals surface area contributed by atoms with E-state index in [0.717, 1.165) is 38.5 Å². The Bertz CT molecular complexity index is 324. The van der Waals surface area contributed by atoms with E-state index in [0.29, 0.717) is 13.2 Å². The van der Waals surface area contributed by atoms with Gasteiger partial charge in [-0.25, -0.2) is 0 Å². The smallest absolute Gasteiger partial charge is 0.323 e. The van der Waals surface area contributed by atoms with Gasteiger partial charge in [0.2, 0.25) is 5.91 Å². The lowest BCUT2D eigenvalue weighted by molar-refractivity contribution is -0.147. The Kier molecular flexibility index (Phi) is 13.7. The number of amides is 1. The molecule has 3 N–H and O–H groups in total. The molecular formula is C17H34N2O4. The van der Waals surface area contributed by atoms with Gasteiger partial charge in [-0.3, -0.25) is 9.59 Å². The fraction of sp³-hybridized carbons (Fsp3) is 0.882. The number of aliphatic hydroxyl groups excluding tert-OH is 1. The molecule has 0 radical (unpaired) electrons. The minimum absolute atomic E-state index is 0.101. The second-order valence-electron chi connectivity index (χ2n) is 5.86. The molecule has 0 aliphatic heterocycles. The molecule has 1 amide bonds. The van der Waals surface area contributed by atoms with E-state index in [1.54, 1.807) is 6.92 Å². The molecule has 2 atom stereocenters. The Morgan fingerprint density at radius 3 is 2.43 bits per heavy atom. The normalized spacial score (nSPS) is 13.4. The van der Waals surface area contributed by atoms with Crippen LogP contribution in [0.2, 0.25) is 0 Å². The summed E-state index contributed by atoms with van der Waals surface area (Å²) in [6.45, 7) is 6.98. The number of rotatable bonds is 14. The van der Waals surface area contributed by atoms with Crippen molar-refractivity contribution in [2.45, 2.75) is 77.8 Å². The molecule has 0 saturated carbocycles. The zero-order valence-electron chi connectivity index (χ0n) is 14.9. The van der Waals surface area contributed by atoms with Crippen LogP contribution >= 0.6 is 0 Å². The minimum Gasteiger partial charge on any atom is -0.465 e. The van der Waals surface area contributed by atoms with Crippen LogP contribution in [-0.2, 0) is 14.3 Å². The topological polar surface area (TPSA) is 87.7 Å². The lowest BCUT2D eigenvalue weighted by Crippen LogP contribution is -2.44. The Labute approximate surface area is 140 Å². The van der Waals surface area contributed by atoms with E-state index in [9.17, 15) is 9.59 Å². The van der Waals surface area contributed by atoms with Gasteiger partial charge in [0.25, 0.3) is 0 Å². The van der Waals surface area contributed by atoms with Crippen LogP contribution in [0.15, 0.2) is 0 Å². The molecule has 136 valence electrons. The van der Waals surface area contributed by atoms with E-state index in [-0.39, 0.29) is 30.9 Å². The molecule has 6 heteroatoms. The average molecular weight is 330 g/mol. The van der Waals surface area contributed by atoms with E-state index >= 15 is 0 Å². The number of esters is 1. The second kappa shape index (κ2) is 14.5. The number of ether oxygens (including phenoxy) is 1. The van der Waals surface area contributed by atoms with Gasteiger partial charge >= 0.3 is 5.97 Å². The van der Waals surface area contributed by atoms with Gasteiger partial charge in [-0.05, 0) is 39.7 Å². The van der Waals surface area contributed by atoms with Crippen LogP contribution in [0.3, 0.4) is 0 Å². The summed E-state index contributed by atoms with van der Waals surface area (Å²) in [5.41, 5.74) is 0. The van der Waals surface area contributed by atoms with Gasteiger partial charge in [-0.2, -0.15) is 0 Å². The molecule has 6 nitrogen and oxygen atoms in total. The fourth-order valence-corrected chi connectivity index (χ4v) is 2.37. The van der Waals surface area contributed by atoms with Crippen LogP contribution in [0, 0.1) is 0 Å². The molecule has 0 aliphatic carbocycles. The van der Waals surface area contributed by atoms with Crippen molar-refractivity contribution in [2.75, 3.05) is 19.8 Å². The molecule has 23 heavy (non-hydrogen) atoms. The van der Waals surface area contributed by atoms with E-state index in [1.807, 2.05) is 6.92 Å². The van der Waals surface area contributed by atoms with E-state index < -0.39 is 6.04 Å². The highest BCUT2D eigenvalue weighted by atomic mass is 16.5. The van der Waals surface area contributed by atoms with Crippen LogP contribution in [0.5, 0.6) is 0 Å². The number of carbonyl (C=O) groups is 2. The lowest BCUT2D eigenvalue weighted by Gasteiger charge is -2.19. The molecule has 0 heterocycles. The fourth-order valence-electron chi connectivity index (χ4n) is 2.37. The van der Waals surface area contributed by atoms with Gasteiger partial charge in [-0.1, -0.05) is 26.2 Å². The highest BCUT2D eigenvalue weighted by Gasteiger charge is 2.23. The monoisotopic (exact) mass is 330 g/mol. The Balaban J connectivity index is 4.23. The molecule has 0 spiro atoms. The van der Waals surface area contributed by atoms with Crippen LogP contribution in [0.4, 0.5) is 0 Å². The number of nitrogens with one attached hydrogen (secondary N) is 2. The molecule has 0 bridgehead atoms. The van der Waals surface area contributed by atoms with Gasteiger partial charge in [0.1, 0.15) is 6.04 Å². The van der Waals surface area contributed by atoms with Crippen molar-refractivity contribution in [1.29, 1.82) is 0 Å². The predicted molar refractivity (Wildman–Crippen MR) is 91.1 cm³/mol. The van der Waals surface area contributed by atoms with E-state index in [4.69, 9.17) is 9.84 Å². The van der Waals surface area contributed by atoms with Crippen molar-refractivity contribution in [2.24, 2.45) is 0 Å². The minimum atomic E-state index is -0.596. The zero-order chi connectivity index (χ0) is 17.5. The van der Waals surface area contributed by atoms with E-state index in [2.05, 4.69) is 17.6 Å². The SMILES string of the molecule is CCCC(C)NC(=O)CC(NCCCCCCO)C(=O)OCC. The van der Waals surface area contributed by atoms with Crippen molar-refractivity contribution in [3.8, 4) is 0 Å². The second-order valence-corrected chi connectivity index (χ2v) is 5.86. The predicted octanol–water partition coefficient (Wildman–Crippen LogP) is 1.76. The van der Waals surface area contributed by atoms with E-state index in [1.165, 1.54) is 0 Å². The average Bonchev–Trinajstić information content (AvgIpc) is 2.49. The maximum absolute atomic E-state index is 12.0. The van der Waals surface area contributed by atoms with Crippen molar-refractivity contribution in [1.82, 2.24) is 10.6 Å². The van der Waals surface area contributed by atoms with Crippen molar-refractivity contribution in [3.05, 3.63) is 0 Å². The van der Waals surface area contributed by atoms with Crippen LogP contribution in [0.25, 0.3) is 0 Å². The zero-order valence-corrected chi connectivity index (χ0v) is 14.9.